The Hall–Kier alpha value is -1.20. The van der Waals surface area contributed by atoms with E-state index in [1.54, 1.807) is 6.92 Å². The van der Waals surface area contributed by atoms with Gasteiger partial charge >= 0.3 is 0 Å². The van der Waals surface area contributed by atoms with Crippen LogP contribution in [-0.2, 0) is 4.79 Å². The third-order valence-electron chi connectivity index (χ3n) is 11.5. The van der Waals surface area contributed by atoms with E-state index in [0.29, 0.717) is 37.0 Å². The van der Waals surface area contributed by atoms with E-state index in [2.05, 4.69) is 30.8 Å². The molecular weight excluding hydrogens is 436 g/mol. The molecule has 0 aromatic rings. The van der Waals surface area contributed by atoms with Gasteiger partial charge in [0.15, 0.2) is 0 Å². The lowest BCUT2D eigenvalue weighted by Crippen LogP contribution is -2.66. The summed E-state index contributed by atoms with van der Waals surface area (Å²) in [6, 6.07) is 0. The van der Waals surface area contributed by atoms with Crippen molar-refractivity contribution in [3.8, 4) is 0 Å². The van der Waals surface area contributed by atoms with Crippen LogP contribution in [0.4, 0.5) is 8.78 Å². The number of aliphatic hydroxyl groups is 1. The molecule has 4 aliphatic rings. The van der Waals surface area contributed by atoms with Gasteiger partial charge in [0.2, 0.25) is 5.91 Å². The molecule has 11 atom stereocenters. The number of alkyl halides is 2. The molecule has 0 heterocycles. The molecule has 0 spiro atoms. The van der Waals surface area contributed by atoms with Crippen molar-refractivity contribution >= 4 is 5.91 Å². The van der Waals surface area contributed by atoms with Gasteiger partial charge in [-0.3, -0.25) is 4.79 Å². The maximum Gasteiger partial charge on any atom is 0.254 e. The first-order chi connectivity index (χ1) is 15.9. The molecule has 0 radical (unpaired) electrons. The minimum Gasteiger partial charge on any atom is -0.393 e. The molecule has 4 fully saturated rings. The first-order valence-corrected chi connectivity index (χ1v) is 13.6. The van der Waals surface area contributed by atoms with Gasteiger partial charge in [-0.2, -0.15) is 0 Å². The summed E-state index contributed by atoms with van der Waals surface area (Å²) in [6.07, 6.45) is 6.28. The van der Waals surface area contributed by atoms with Crippen molar-refractivity contribution in [2.45, 2.75) is 104 Å². The van der Waals surface area contributed by atoms with Gasteiger partial charge in [0.25, 0.3) is 5.92 Å². The molecule has 4 aliphatic carbocycles. The van der Waals surface area contributed by atoms with Crippen molar-refractivity contribution < 1.29 is 18.7 Å². The maximum absolute atomic E-state index is 15.7. The average molecular weight is 480 g/mol. The van der Waals surface area contributed by atoms with E-state index in [1.165, 1.54) is 0 Å². The topological polar surface area (TPSA) is 86.1 Å². The number of carbonyl (C=O) groups excluding carboxylic acids is 1. The van der Waals surface area contributed by atoms with E-state index >= 15 is 8.78 Å². The molecule has 4 saturated carbocycles. The molecule has 5 nitrogen and oxygen atoms in total. The summed E-state index contributed by atoms with van der Waals surface area (Å²) in [6.45, 7) is 10.4. The van der Waals surface area contributed by atoms with Crippen molar-refractivity contribution in [3.05, 3.63) is 10.4 Å². The highest BCUT2D eigenvalue weighted by atomic mass is 19.3. The van der Waals surface area contributed by atoms with Gasteiger partial charge in [-0.1, -0.05) is 41.0 Å². The van der Waals surface area contributed by atoms with Crippen LogP contribution in [0, 0.1) is 58.2 Å². The van der Waals surface area contributed by atoms with E-state index in [1.807, 2.05) is 6.92 Å². The molecule has 0 aromatic carbocycles. The fourth-order valence-corrected chi connectivity index (χ4v) is 9.84. The molecular formula is C27H43F2N3O2. The zero-order valence-electron chi connectivity index (χ0n) is 21.5. The Kier molecular flexibility index (Phi) is 6.87. The minimum absolute atomic E-state index is 0.0507. The fraction of sp³-hybridized carbons (Fsp3) is 0.963. The Labute approximate surface area is 203 Å². The molecule has 4 rings (SSSR count). The molecule has 192 valence electrons. The lowest BCUT2D eigenvalue weighted by molar-refractivity contribution is -0.273. The molecule has 1 N–H and O–H groups in total. The van der Waals surface area contributed by atoms with Gasteiger partial charge in [0, 0.05) is 23.2 Å². The van der Waals surface area contributed by atoms with Gasteiger partial charge < -0.3 is 5.11 Å². The minimum atomic E-state index is -2.73. The van der Waals surface area contributed by atoms with E-state index in [0.717, 1.165) is 32.1 Å². The number of aliphatic hydroxyl groups excluding tert-OH is 1. The molecule has 34 heavy (non-hydrogen) atoms. The number of halogens is 2. The van der Waals surface area contributed by atoms with Crippen LogP contribution in [0.25, 0.3) is 10.4 Å². The number of hydrogen-bond acceptors (Lipinski definition) is 2. The molecule has 0 saturated heterocycles. The number of hydrogen-bond donors (Lipinski definition) is 1. The first-order valence-electron chi connectivity index (χ1n) is 13.6. The number of azide groups is 1. The van der Waals surface area contributed by atoms with E-state index in [-0.39, 0.29) is 29.6 Å². The van der Waals surface area contributed by atoms with Crippen LogP contribution in [-0.4, -0.2) is 23.0 Å². The van der Waals surface area contributed by atoms with Crippen LogP contribution in [0.2, 0.25) is 0 Å². The SMILES string of the molecule is CC[C@H]1C(O)C2C3CCC([C@H](C)CCC(=O)N=[N+]=[N-])[C@@]3(C)CCC2[C@@]2(C)CC[C@@H](C)C(F)(F)[C@@H]12. The Morgan fingerprint density at radius 3 is 2.44 bits per heavy atom. The van der Waals surface area contributed by atoms with Crippen molar-refractivity contribution in [1.29, 1.82) is 0 Å². The second kappa shape index (κ2) is 9.03. The van der Waals surface area contributed by atoms with Crippen molar-refractivity contribution in [3.63, 3.8) is 0 Å². The van der Waals surface area contributed by atoms with E-state index in [9.17, 15) is 9.90 Å². The number of rotatable bonds is 5. The summed E-state index contributed by atoms with van der Waals surface area (Å²) < 4.78 is 31.4. The lowest BCUT2D eigenvalue weighted by atomic mass is 9.40. The average Bonchev–Trinajstić information content (AvgIpc) is 3.14. The second-order valence-corrected chi connectivity index (χ2v) is 12.8. The zero-order valence-corrected chi connectivity index (χ0v) is 21.5. The number of fused-ring (bicyclic) bond motifs is 5. The highest BCUT2D eigenvalue weighted by Crippen LogP contribution is 2.71. The molecule has 0 aromatic heterocycles. The largest absolute Gasteiger partial charge is 0.393 e. The highest BCUT2D eigenvalue weighted by Gasteiger charge is 2.70. The Morgan fingerprint density at radius 2 is 1.79 bits per heavy atom. The van der Waals surface area contributed by atoms with Crippen molar-refractivity contribution in [2.24, 2.45) is 63.3 Å². The van der Waals surface area contributed by atoms with Gasteiger partial charge in [-0.05, 0) is 102 Å². The summed E-state index contributed by atoms with van der Waals surface area (Å²) >= 11 is 0. The molecule has 5 unspecified atom stereocenters. The van der Waals surface area contributed by atoms with Gasteiger partial charge in [0.05, 0.1) is 6.10 Å². The quantitative estimate of drug-likeness (QED) is 0.253. The van der Waals surface area contributed by atoms with Crippen LogP contribution >= 0.6 is 0 Å². The molecule has 0 bridgehead atoms. The van der Waals surface area contributed by atoms with Crippen LogP contribution in [0.5, 0.6) is 0 Å². The Balaban J connectivity index is 1.62. The third kappa shape index (κ3) is 3.72. The van der Waals surface area contributed by atoms with Crippen LogP contribution < -0.4 is 0 Å². The highest BCUT2D eigenvalue weighted by molar-refractivity contribution is 5.76. The summed E-state index contributed by atoms with van der Waals surface area (Å²) in [5.41, 5.74) is 8.13. The van der Waals surface area contributed by atoms with E-state index in [4.69, 9.17) is 5.53 Å². The van der Waals surface area contributed by atoms with Crippen molar-refractivity contribution in [1.82, 2.24) is 0 Å². The number of carbonyl (C=O) groups is 1. The molecule has 7 heteroatoms. The predicted molar refractivity (Wildman–Crippen MR) is 128 cm³/mol. The first kappa shape index (κ1) is 25.9. The van der Waals surface area contributed by atoms with Crippen LogP contribution in [0.1, 0.15) is 92.4 Å². The van der Waals surface area contributed by atoms with Gasteiger partial charge in [-0.25, -0.2) is 8.78 Å². The zero-order chi connectivity index (χ0) is 25.1. The number of nitrogens with zero attached hydrogens (tertiary/aromatic N) is 3. The third-order valence-corrected chi connectivity index (χ3v) is 11.5. The second-order valence-electron chi connectivity index (χ2n) is 12.8. The Morgan fingerprint density at radius 1 is 1.15 bits per heavy atom. The summed E-state index contributed by atoms with van der Waals surface area (Å²) in [7, 11) is 0. The summed E-state index contributed by atoms with van der Waals surface area (Å²) in [5.74, 6) is -3.55. The van der Waals surface area contributed by atoms with Crippen LogP contribution in [0.3, 0.4) is 0 Å². The normalized spacial score (nSPS) is 48.1. The molecule has 0 aliphatic heterocycles. The monoisotopic (exact) mass is 479 g/mol. The molecule has 1 amide bonds. The van der Waals surface area contributed by atoms with Crippen LogP contribution in [0.15, 0.2) is 5.11 Å². The standard InChI is InChI=1S/C27H43F2N3O2/c1-6-17-23(34)22-19-9-8-18(15(2)7-10-21(33)31-32-30)25(19,4)14-12-20(22)26(5)13-11-16(3)27(28,29)24(17)26/h15-20,22-24,34H,6-14H2,1-5H3/t15-,16-,17+,18?,19?,20?,22?,23?,24+,25-,26-/m1/s1. The number of amides is 1. The van der Waals surface area contributed by atoms with Crippen molar-refractivity contribution in [2.75, 3.05) is 0 Å². The summed E-state index contributed by atoms with van der Waals surface area (Å²) in [4.78, 5) is 14.4. The van der Waals surface area contributed by atoms with Gasteiger partial charge in [0.1, 0.15) is 0 Å². The Bertz CT molecular complexity index is 846. The lowest BCUT2D eigenvalue weighted by Gasteiger charge is -2.66. The summed E-state index contributed by atoms with van der Waals surface area (Å²) in [5, 5.41) is 14.9. The van der Waals surface area contributed by atoms with E-state index < -0.39 is 35.2 Å². The predicted octanol–water partition coefficient (Wildman–Crippen LogP) is 7.39. The maximum atomic E-state index is 15.7. The smallest absolute Gasteiger partial charge is 0.254 e. The van der Waals surface area contributed by atoms with Gasteiger partial charge in [-0.15, -0.1) is 0 Å². The fourth-order valence-electron chi connectivity index (χ4n) is 9.84.